The van der Waals surface area contributed by atoms with Gasteiger partial charge in [0.1, 0.15) is 0 Å². The SMILES string of the molecule is C=C1C(/C=C\CCC)[C@@H]1C(CC)C(=O)O. The first-order valence-corrected chi connectivity index (χ1v) is 5.71. The minimum absolute atomic E-state index is 0.181. The molecule has 1 rings (SSSR count). The van der Waals surface area contributed by atoms with Crippen molar-refractivity contribution in [2.75, 3.05) is 0 Å². The van der Waals surface area contributed by atoms with Crippen molar-refractivity contribution < 1.29 is 9.90 Å². The predicted octanol–water partition coefficient (Wildman–Crippen LogP) is 3.26. The Morgan fingerprint density at radius 2 is 2.27 bits per heavy atom. The van der Waals surface area contributed by atoms with E-state index >= 15 is 0 Å². The van der Waals surface area contributed by atoms with Gasteiger partial charge in [-0.05, 0) is 12.8 Å². The summed E-state index contributed by atoms with van der Waals surface area (Å²) in [5.74, 6) is -0.429. The van der Waals surface area contributed by atoms with Gasteiger partial charge >= 0.3 is 5.97 Å². The van der Waals surface area contributed by atoms with Crippen molar-refractivity contribution in [3.8, 4) is 0 Å². The van der Waals surface area contributed by atoms with Crippen LogP contribution >= 0.6 is 0 Å². The van der Waals surface area contributed by atoms with Crippen molar-refractivity contribution in [3.05, 3.63) is 24.3 Å². The lowest BCUT2D eigenvalue weighted by molar-refractivity contribution is -0.142. The molecule has 1 fully saturated rings. The van der Waals surface area contributed by atoms with Crippen LogP contribution in [0.4, 0.5) is 0 Å². The normalized spacial score (nSPS) is 26.9. The minimum Gasteiger partial charge on any atom is -0.481 e. The molecule has 1 aliphatic carbocycles. The Labute approximate surface area is 91.7 Å². The van der Waals surface area contributed by atoms with Crippen molar-refractivity contribution in [2.45, 2.75) is 33.1 Å². The number of unbranched alkanes of at least 4 members (excludes halogenated alkanes) is 1. The average Bonchev–Trinajstić information content (AvgIpc) is 2.79. The van der Waals surface area contributed by atoms with Gasteiger partial charge in [0.15, 0.2) is 0 Å². The largest absolute Gasteiger partial charge is 0.481 e. The maximum atomic E-state index is 11.0. The first-order valence-electron chi connectivity index (χ1n) is 5.71. The third kappa shape index (κ3) is 2.71. The molecular formula is C13H20O2. The number of hydrogen-bond acceptors (Lipinski definition) is 1. The van der Waals surface area contributed by atoms with Gasteiger partial charge in [-0.3, -0.25) is 4.79 Å². The van der Waals surface area contributed by atoms with Crippen LogP contribution in [0, 0.1) is 17.8 Å². The maximum absolute atomic E-state index is 11.0. The molecule has 0 aromatic rings. The average molecular weight is 208 g/mol. The number of carbonyl (C=O) groups is 1. The molecule has 1 N–H and O–H groups in total. The third-order valence-corrected chi connectivity index (χ3v) is 3.12. The molecule has 3 atom stereocenters. The van der Waals surface area contributed by atoms with Crippen LogP contribution in [0.15, 0.2) is 24.3 Å². The molecule has 0 spiro atoms. The Bertz CT molecular complexity index is 278. The van der Waals surface area contributed by atoms with Gasteiger partial charge in [0, 0.05) is 11.8 Å². The number of carboxylic acid groups (broad SMARTS) is 1. The molecule has 15 heavy (non-hydrogen) atoms. The highest BCUT2D eigenvalue weighted by molar-refractivity contribution is 5.72. The summed E-state index contributed by atoms with van der Waals surface area (Å²) in [5.41, 5.74) is 1.09. The van der Waals surface area contributed by atoms with Crippen LogP contribution in [0.3, 0.4) is 0 Å². The summed E-state index contributed by atoms with van der Waals surface area (Å²) in [6.07, 6.45) is 7.17. The Morgan fingerprint density at radius 1 is 1.60 bits per heavy atom. The summed E-state index contributed by atoms with van der Waals surface area (Å²) >= 11 is 0. The zero-order chi connectivity index (χ0) is 11.4. The van der Waals surface area contributed by atoms with Gasteiger partial charge in [0.05, 0.1) is 5.92 Å². The molecule has 0 saturated heterocycles. The van der Waals surface area contributed by atoms with Crippen molar-refractivity contribution in [3.63, 3.8) is 0 Å². The summed E-state index contributed by atoms with van der Waals surface area (Å²) in [5, 5.41) is 9.03. The standard InChI is InChI=1S/C13H20O2/c1-4-6-7-8-11-9(3)12(11)10(5-2)13(14)15/h7-8,10-12H,3-6H2,1-2H3,(H,14,15)/b8-7-/t10?,11?,12-/m0/s1. The van der Waals surface area contributed by atoms with E-state index in [4.69, 9.17) is 5.11 Å². The summed E-state index contributed by atoms with van der Waals surface area (Å²) < 4.78 is 0. The van der Waals surface area contributed by atoms with Gasteiger partial charge < -0.3 is 5.11 Å². The van der Waals surface area contributed by atoms with Crippen molar-refractivity contribution >= 4 is 5.97 Å². The lowest BCUT2D eigenvalue weighted by Gasteiger charge is -2.06. The fourth-order valence-corrected chi connectivity index (χ4v) is 2.11. The third-order valence-electron chi connectivity index (χ3n) is 3.12. The molecule has 0 aliphatic heterocycles. The number of rotatable bonds is 6. The highest BCUT2D eigenvalue weighted by atomic mass is 16.4. The van der Waals surface area contributed by atoms with E-state index in [0.29, 0.717) is 12.3 Å². The predicted molar refractivity (Wildman–Crippen MR) is 61.6 cm³/mol. The minimum atomic E-state index is -0.685. The van der Waals surface area contributed by atoms with E-state index in [2.05, 4.69) is 25.7 Å². The molecule has 1 aliphatic rings. The Morgan fingerprint density at radius 3 is 2.73 bits per heavy atom. The number of carboxylic acids is 1. The molecule has 84 valence electrons. The van der Waals surface area contributed by atoms with E-state index < -0.39 is 5.97 Å². The summed E-state index contributed by atoms with van der Waals surface area (Å²) in [6.45, 7) is 8.01. The zero-order valence-electron chi connectivity index (χ0n) is 9.57. The Balaban J connectivity index is 2.53. The number of hydrogen-bond donors (Lipinski definition) is 1. The molecule has 1 saturated carbocycles. The van der Waals surface area contributed by atoms with Crippen molar-refractivity contribution in [2.24, 2.45) is 17.8 Å². The zero-order valence-corrected chi connectivity index (χ0v) is 9.57. The van der Waals surface area contributed by atoms with E-state index in [1.807, 2.05) is 6.92 Å². The lowest BCUT2D eigenvalue weighted by Crippen LogP contribution is -2.15. The van der Waals surface area contributed by atoms with Crippen LogP contribution in [0.2, 0.25) is 0 Å². The highest BCUT2D eigenvalue weighted by Crippen LogP contribution is 2.51. The second-order valence-corrected chi connectivity index (χ2v) is 4.20. The molecule has 0 radical (unpaired) electrons. The molecular weight excluding hydrogens is 188 g/mol. The monoisotopic (exact) mass is 208 g/mol. The van der Waals surface area contributed by atoms with E-state index in [1.54, 1.807) is 0 Å². The molecule has 2 heteroatoms. The highest BCUT2D eigenvalue weighted by Gasteiger charge is 2.47. The van der Waals surface area contributed by atoms with Crippen molar-refractivity contribution in [1.29, 1.82) is 0 Å². The summed E-state index contributed by atoms with van der Waals surface area (Å²) in [6, 6.07) is 0. The van der Waals surface area contributed by atoms with Crippen LogP contribution in [0.5, 0.6) is 0 Å². The Kier molecular flexibility index (Phi) is 4.13. The Hall–Kier alpha value is -1.05. The van der Waals surface area contributed by atoms with Crippen LogP contribution in [0.25, 0.3) is 0 Å². The second kappa shape index (κ2) is 5.15. The number of allylic oxidation sites excluding steroid dienone is 3. The van der Waals surface area contributed by atoms with Crippen LogP contribution in [0.1, 0.15) is 33.1 Å². The van der Waals surface area contributed by atoms with Crippen LogP contribution < -0.4 is 0 Å². The fraction of sp³-hybridized carbons (Fsp3) is 0.615. The first kappa shape index (κ1) is 12.0. The van der Waals surface area contributed by atoms with Gasteiger partial charge in [-0.15, -0.1) is 0 Å². The van der Waals surface area contributed by atoms with Crippen molar-refractivity contribution in [1.82, 2.24) is 0 Å². The molecule has 2 unspecified atom stereocenters. The maximum Gasteiger partial charge on any atom is 0.307 e. The van der Waals surface area contributed by atoms with Gasteiger partial charge in [-0.2, -0.15) is 0 Å². The van der Waals surface area contributed by atoms with Gasteiger partial charge in [0.2, 0.25) is 0 Å². The lowest BCUT2D eigenvalue weighted by atomic mass is 9.99. The first-order chi connectivity index (χ1) is 7.13. The molecule has 0 amide bonds. The molecule has 0 bridgehead atoms. The van der Waals surface area contributed by atoms with Gasteiger partial charge in [-0.25, -0.2) is 0 Å². The molecule has 0 aromatic carbocycles. The molecule has 0 aromatic heterocycles. The molecule has 0 heterocycles. The topological polar surface area (TPSA) is 37.3 Å². The number of aliphatic carboxylic acids is 1. The fourth-order valence-electron chi connectivity index (χ4n) is 2.11. The van der Waals surface area contributed by atoms with E-state index in [1.165, 1.54) is 0 Å². The van der Waals surface area contributed by atoms with Gasteiger partial charge in [0.25, 0.3) is 0 Å². The van der Waals surface area contributed by atoms with Crippen LogP contribution in [-0.4, -0.2) is 11.1 Å². The van der Waals surface area contributed by atoms with Gasteiger partial charge in [-0.1, -0.05) is 44.6 Å². The quantitative estimate of drug-likeness (QED) is 0.680. The van der Waals surface area contributed by atoms with E-state index in [9.17, 15) is 4.79 Å². The second-order valence-electron chi connectivity index (χ2n) is 4.20. The van der Waals surface area contributed by atoms with E-state index in [0.717, 1.165) is 18.4 Å². The summed E-state index contributed by atoms with van der Waals surface area (Å²) in [7, 11) is 0. The smallest absolute Gasteiger partial charge is 0.307 e. The van der Waals surface area contributed by atoms with Crippen LogP contribution in [-0.2, 0) is 4.79 Å². The van der Waals surface area contributed by atoms with E-state index in [-0.39, 0.29) is 11.8 Å². The summed E-state index contributed by atoms with van der Waals surface area (Å²) in [4.78, 5) is 11.0. The molecule has 2 nitrogen and oxygen atoms in total.